The zero-order valence-electron chi connectivity index (χ0n) is 16.0. The van der Waals surface area contributed by atoms with Crippen molar-refractivity contribution in [2.45, 2.75) is 44.7 Å². The molecule has 152 valence electrons. The van der Waals surface area contributed by atoms with E-state index in [0.29, 0.717) is 11.1 Å². The topological polar surface area (TPSA) is 105 Å². The summed E-state index contributed by atoms with van der Waals surface area (Å²) in [6.07, 6.45) is 4.17. The van der Waals surface area contributed by atoms with Crippen molar-refractivity contribution >= 4 is 11.4 Å². The molecule has 2 aromatic carbocycles. The fraction of sp³-hybridized carbons (Fsp3) is 0.333. The third-order valence-corrected chi connectivity index (χ3v) is 4.73. The van der Waals surface area contributed by atoms with Gasteiger partial charge in [-0.05, 0) is 24.6 Å². The predicted octanol–water partition coefficient (Wildman–Crippen LogP) is 5.40. The number of ether oxygens (including phenoxy) is 2. The Morgan fingerprint density at radius 3 is 1.83 bits per heavy atom. The van der Waals surface area contributed by atoms with Gasteiger partial charge < -0.3 is 9.47 Å². The number of allylic oxidation sites excluding steroid dienone is 1. The lowest BCUT2D eigenvalue weighted by molar-refractivity contribution is -0.387. The van der Waals surface area contributed by atoms with Gasteiger partial charge in [0.05, 0.1) is 21.0 Å². The summed E-state index contributed by atoms with van der Waals surface area (Å²) in [6, 6.07) is 12.5. The predicted molar refractivity (Wildman–Crippen MR) is 106 cm³/mol. The molecule has 29 heavy (non-hydrogen) atoms. The number of unbranched alkanes of at least 4 members (excludes halogenated alkanes) is 2. The van der Waals surface area contributed by atoms with Gasteiger partial charge in [0.1, 0.15) is 12.2 Å². The Hall–Kier alpha value is -3.10. The molecule has 0 N–H and O–H groups in total. The fourth-order valence-electron chi connectivity index (χ4n) is 3.35. The van der Waals surface area contributed by atoms with Crippen LogP contribution < -0.4 is 0 Å². The first-order valence-corrected chi connectivity index (χ1v) is 9.47. The Labute approximate surface area is 168 Å². The maximum absolute atomic E-state index is 11.5. The summed E-state index contributed by atoms with van der Waals surface area (Å²) >= 11 is 0. The van der Waals surface area contributed by atoms with E-state index < -0.39 is 28.3 Å². The number of hydrogen-bond acceptors (Lipinski definition) is 6. The molecule has 0 amide bonds. The third-order valence-electron chi connectivity index (χ3n) is 4.73. The summed E-state index contributed by atoms with van der Waals surface area (Å²) in [7, 11) is 0. The van der Waals surface area contributed by atoms with Crippen LogP contribution in [0.3, 0.4) is 0 Å². The maximum Gasteiger partial charge on any atom is 0.275 e. The number of rotatable bonds is 8. The van der Waals surface area contributed by atoms with Crippen LogP contribution in [0.25, 0.3) is 0 Å². The van der Waals surface area contributed by atoms with Gasteiger partial charge in [-0.2, -0.15) is 0 Å². The largest absolute Gasteiger partial charge is 0.338 e. The van der Waals surface area contributed by atoms with E-state index in [0.717, 1.165) is 19.3 Å². The van der Waals surface area contributed by atoms with Gasteiger partial charge in [-0.25, -0.2) is 0 Å². The molecule has 0 aliphatic carbocycles. The molecule has 8 heteroatoms. The highest BCUT2D eigenvalue weighted by molar-refractivity contribution is 5.47. The quantitative estimate of drug-likeness (QED) is 0.255. The summed E-state index contributed by atoms with van der Waals surface area (Å²) in [5.41, 5.74) is 0.427. The van der Waals surface area contributed by atoms with Gasteiger partial charge in [-0.15, -0.1) is 0 Å². The SMILES string of the molecule is CCCC/C=C\C1O[C@H](c2ccccc2[N+](=O)[O-])[C@@H](c2ccccc2[N+](=O)[O-])O1. The molecule has 1 aliphatic rings. The second-order valence-corrected chi connectivity index (χ2v) is 6.68. The van der Waals surface area contributed by atoms with Gasteiger partial charge in [-0.3, -0.25) is 20.2 Å². The lowest BCUT2D eigenvalue weighted by Gasteiger charge is -2.17. The normalized spacial score (nSPS) is 19.6. The monoisotopic (exact) mass is 398 g/mol. The molecule has 0 saturated carbocycles. The molecule has 0 bridgehead atoms. The number of benzene rings is 2. The van der Waals surface area contributed by atoms with Crippen molar-refractivity contribution < 1.29 is 19.3 Å². The highest BCUT2D eigenvalue weighted by atomic mass is 16.7. The summed E-state index contributed by atoms with van der Waals surface area (Å²) in [5, 5.41) is 23.0. The Kier molecular flexibility index (Phi) is 6.69. The minimum absolute atomic E-state index is 0.111. The van der Waals surface area contributed by atoms with Crippen LogP contribution in [-0.4, -0.2) is 16.1 Å². The highest BCUT2D eigenvalue weighted by Gasteiger charge is 2.42. The number of nitrogens with zero attached hydrogens (tertiary/aromatic N) is 2. The first-order valence-electron chi connectivity index (χ1n) is 9.47. The number of para-hydroxylation sites is 2. The molecule has 0 radical (unpaired) electrons. The third kappa shape index (κ3) is 4.67. The molecular weight excluding hydrogens is 376 g/mol. The summed E-state index contributed by atoms with van der Waals surface area (Å²) in [5.74, 6) is 0. The number of nitro benzene ring substituents is 2. The van der Waals surface area contributed by atoms with Crippen molar-refractivity contribution in [2.75, 3.05) is 0 Å². The van der Waals surface area contributed by atoms with Crippen LogP contribution in [0.4, 0.5) is 11.4 Å². The van der Waals surface area contributed by atoms with Gasteiger partial charge in [0.15, 0.2) is 6.29 Å². The summed E-state index contributed by atoms with van der Waals surface area (Å²) in [4.78, 5) is 22.0. The minimum atomic E-state index is -0.849. The van der Waals surface area contributed by atoms with E-state index in [1.54, 1.807) is 42.5 Å². The first-order chi connectivity index (χ1) is 14.0. The Bertz CT molecular complexity index is 848. The first kappa shape index (κ1) is 20.6. The van der Waals surface area contributed by atoms with E-state index in [9.17, 15) is 20.2 Å². The molecule has 0 aromatic heterocycles. The van der Waals surface area contributed by atoms with Gasteiger partial charge >= 0.3 is 0 Å². The number of nitro groups is 2. The second-order valence-electron chi connectivity index (χ2n) is 6.68. The molecule has 2 aromatic rings. The molecule has 1 heterocycles. The van der Waals surface area contributed by atoms with E-state index >= 15 is 0 Å². The van der Waals surface area contributed by atoms with Crippen LogP contribution >= 0.6 is 0 Å². The summed E-state index contributed by atoms with van der Waals surface area (Å²) < 4.78 is 12.0. The van der Waals surface area contributed by atoms with E-state index in [1.165, 1.54) is 12.1 Å². The Balaban J connectivity index is 2.01. The second kappa shape index (κ2) is 9.40. The lowest BCUT2D eigenvalue weighted by Crippen LogP contribution is -2.11. The van der Waals surface area contributed by atoms with Crippen LogP contribution in [-0.2, 0) is 9.47 Å². The molecule has 1 saturated heterocycles. The zero-order chi connectivity index (χ0) is 20.8. The molecule has 0 spiro atoms. The fourth-order valence-corrected chi connectivity index (χ4v) is 3.35. The minimum Gasteiger partial charge on any atom is -0.338 e. The molecule has 3 rings (SSSR count). The van der Waals surface area contributed by atoms with Gasteiger partial charge in [-0.1, -0.05) is 50.1 Å². The van der Waals surface area contributed by atoms with Crippen LogP contribution in [0.15, 0.2) is 60.7 Å². The van der Waals surface area contributed by atoms with E-state index in [4.69, 9.17) is 9.47 Å². The van der Waals surface area contributed by atoms with Gasteiger partial charge in [0.2, 0.25) is 0 Å². The lowest BCUT2D eigenvalue weighted by atomic mass is 9.96. The molecule has 2 atom stereocenters. The molecule has 8 nitrogen and oxygen atoms in total. The van der Waals surface area contributed by atoms with E-state index in [2.05, 4.69) is 6.92 Å². The van der Waals surface area contributed by atoms with E-state index in [-0.39, 0.29) is 11.4 Å². The van der Waals surface area contributed by atoms with Gasteiger partial charge in [0, 0.05) is 12.1 Å². The van der Waals surface area contributed by atoms with E-state index in [1.807, 2.05) is 6.08 Å². The van der Waals surface area contributed by atoms with Crippen molar-refractivity contribution in [3.8, 4) is 0 Å². The van der Waals surface area contributed by atoms with Crippen LogP contribution in [0.1, 0.15) is 49.5 Å². The summed E-state index contributed by atoms with van der Waals surface area (Å²) in [6.45, 7) is 2.09. The molecular formula is C21H22N2O6. The Morgan fingerprint density at radius 1 is 0.897 bits per heavy atom. The van der Waals surface area contributed by atoms with Crippen molar-refractivity contribution in [1.82, 2.24) is 0 Å². The van der Waals surface area contributed by atoms with Crippen molar-refractivity contribution in [3.05, 3.63) is 92.0 Å². The van der Waals surface area contributed by atoms with Crippen molar-refractivity contribution in [1.29, 1.82) is 0 Å². The molecule has 1 fully saturated rings. The average molecular weight is 398 g/mol. The zero-order valence-corrected chi connectivity index (χ0v) is 16.0. The van der Waals surface area contributed by atoms with Crippen LogP contribution in [0.2, 0.25) is 0 Å². The standard InChI is InChI=1S/C21H22N2O6/c1-2-3-4-5-14-19-28-20(15-10-6-8-12-17(15)22(24)25)21(29-19)16-11-7-9-13-18(16)23(26)27/h5-14,19-21H,2-4H2,1H3/b14-5-/t20-,21-/m1/s1. The smallest absolute Gasteiger partial charge is 0.275 e. The molecule has 1 aliphatic heterocycles. The van der Waals surface area contributed by atoms with Crippen molar-refractivity contribution in [2.24, 2.45) is 0 Å². The van der Waals surface area contributed by atoms with Crippen LogP contribution in [0.5, 0.6) is 0 Å². The molecule has 0 unspecified atom stereocenters. The van der Waals surface area contributed by atoms with Crippen LogP contribution in [0, 0.1) is 20.2 Å². The average Bonchev–Trinajstić information content (AvgIpc) is 3.15. The Morgan fingerprint density at radius 2 is 1.38 bits per heavy atom. The maximum atomic E-state index is 11.5. The highest BCUT2D eigenvalue weighted by Crippen LogP contribution is 2.47. The van der Waals surface area contributed by atoms with Gasteiger partial charge in [0.25, 0.3) is 11.4 Å². The number of hydrogen-bond donors (Lipinski definition) is 0. The van der Waals surface area contributed by atoms with Crippen molar-refractivity contribution in [3.63, 3.8) is 0 Å².